The first-order valence-corrected chi connectivity index (χ1v) is 7.62. The zero-order valence-electron chi connectivity index (χ0n) is 12.3. The van der Waals surface area contributed by atoms with Crippen molar-refractivity contribution in [3.05, 3.63) is 22.2 Å². The number of hydrogen-bond acceptors (Lipinski definition) is 4. The van der Waals surface area contributed by atoms with E-state index in [2.05, 4.69) is 28.2 Å². The highest BCUT2D eigenvalue weighted by atomic mass is 79.9. The number of methoxy groups -OCH3 is 2. The summed E-state index contributed by atoms with van der Waals surface area (Å²) in [4.78, 5) is 0. The summed E-state index contributed by atoms with van der Waals surface area (Å²) in [5, 5.41) is 3.46. The normalized spacial score (nSPS) is 22.0. The molecule has 4 nitrogen and oxygen atoms in total. The molecule has 1 heterocycles. The van der Waals surface area contributed by atoms with Gasteiger partial charge < -0.3 is 19.5 Å². The van der Waals surface area contributed by atoms with Crippen LogP contribution in [0.1, 0.15) is 25.3 Å². The van der Waals surface area contributed by atoms with E-state index in [1.54, 1.807) is 14.2 Å². The molecular formula is C15H22BrNO3. The summed E-state index contributed by atoms with van der Waals surface area (Å²) in [7, 11) is 3.29. The van der Waals surface area contributed by atoms with Gasteiger partial charge in [0, 0.05) is 24.2 Å². The number of ether oxygens (including phenoxy) is 3. The van der Waals surface area contributed by atoms with Crippen LogP contribution in [0.3, 0.4) is 0 Å². The molecule has 0 aliphatic carbocycles. The fourth-order valence-electron chi connectivity index (χ4n) is 2.47. The number of benzene rings is 1. The fraction of sp³-hybridized carbons (Fsp3) is 0.600. The van der Waals surface area contributed by atoms with E-state index in [9.17, 15) is 0 Å². The highest BCUT2D eigenvalue weighted by Gasteiger charge is 2.29. The van der Waals surface area contributed by atoms with E-state index in [1.165, 1.54) is 0 Å². The Bertz CT molecular complexity index is 459. The molecule has 1 aromatic carbocycles. The number of rotatable bonds is 6. The van der Waals surface area contributed by atoms with Crippen molar-refractivity contribution in [2.75, 3.05) is 27.4 Å². The minimum atomic E-state index is -0.0248. The maximum absolute atomic E-state index is 5.77. The highest BCUT2D eigenvalue weighted by Crippen LogP contribution is 2.33. The molecule has 0 amide bonds. The summed E-state index contributed by atoms with van der Waals surface area (Å²) < 4.78 is 17.4. The summed E-state index contributed by atoms with van der Waals surface area (Å²) >= 11 is 3.57. The van der Waals surface area contributed by atoms with E-state index >= 15 is 0 Å². The zero-order valence-corrected chi connectivity index (χ0v) is 13.9. The standard InChI is InChI=1S/C15H22BrNO3/c1-15(5-4-6-20-15)10-17-9-11-7-13(18-2)14(19-3)8-12(11)16/h7-8,17H,4-6,9-10H2,1-3H3. The van der Waals surface area contributed by atoms with Crippen LogP contribution < -0.4 is 14.8 Å². The van der Waals surface area contributed by atoms with E-state index in [0.29, 0.717) is 0 Å². The SMILES string of the molecule is COc1cc(Br)c(CNCC2(C)CCCO2)cc1OC. The molecule has 0 saturated carbocycles. The van der Waals surface area contributed by atoms with Crippen LogP contribution in [0.25, 0.3) is 0 Å². The minimum absolute atomic E-state index is 0.0248. The van der Waals surface area contributed by atoms with Crippen LogP contribution in [0.4, 0.5) is 0 Å². The van der Waals surface area contributed by atoms with Crippen LogP contribution in [0.2, 0.25) is 0 Å². The van der Waals surface area contributed by atoms with E-state index in [0.717, 1.165) is 54.1 Å². The number of hydrogen-bond donors (Lipinski definition) is 1. The topological polar surface area (TPSA) is 39.7 Å². The van der Waals surface area contributed by atoms with Crippen LogP contribution in [-0.4, -0.2) is 33.0 Å². The first-order valence-electron chi connectivity index (χ1n) is 6.83. The predicted octanol–water partition coefficient (Wildman–Crippen LogP) is 3.13. The van der Waals surface area contributed by atoms with Gasteiger partial charge in [0.2, 0.25) is 0 Å². The smallest absolute Gasteiger partial charge is 0.161 e. The maximum atomic E-state index is 5.77. The van der Waals surface area contributed by atoms with Crippen LogP contribution in [0.15, 0.2) is 16.6 Å². The minimum Gasteiger partial charge on any atom is -0.493 e. The predicted molar refractivity (Wildman–Crippen MR) is 82.5 cm³/mol. The molecule has 1 N–H and O–H groups in total. The monoisotopic (exact) mass is 343 g/mol. The molecule has 0 bridgehead atoms. The third-order valence-electron chi connectivity index (χ3n) is 3.67. The first kappa shape index (κ1) is 15.6. The Hall–Kier alpha value is -0.780. The fourth-order valence-corrected chi connectivity index (χ4v) is 2.93. The van der Waals surface area contributed by atoms with E-state index < -0.39 is 0 Å². The summed E-state index contributed by atoms with van der Waals surface area (Å²) in [6, 6.07) is 3.93. The third kappa shape index (κ3) is 3.65. The van der Waals surface area contributed by atoms with Gasteiger partial charge in [-0.3, -0.25) is 0 Å². The van der Waals surface area contributed by atoms with E-state index in [-0.39, 0.29) is 5.60 Å². The van der Waals surface area contributed by atoms with Gasteiger partial charge in [-0.15, -0.1) is 0 Å². The largest absolute Gasteiger partial charge is 0.493 e. The Morgan fingerprint density at radius 2 is 2.00 bits per heavy atom. The van der Waals surface area contributed by atoms with Crippen molar-refractivity contribution in [1.29, 1.82) is 0 Å². The number of nitrogens with one attached hydrogen (secondary N) is 1. The molecule has 5 heteroatoms. The van der Waals surface area contributed by atoms with Gasteiger partial charge in [0.1, 0.15) is 0 Å². The van der Waals surface area contributed by atoms with Gasteiger partial charge in [-0.05, 0) is 37.5 Å². The highest BCUT2D eigenvalue weighted by molar-refractivity contribution is 9.10. The Balaban J connectivity index is 1.98. The number of halogens is 1. The van der Waals surface area contributed by atoms with Crippen molar-refractivity contribution in [3.63, 3.8) is 0 Å². The lowest BCUT2D eigenvalue weighted by atomic mass is 10.0. The Kier molecular flexibility index (Phi) is 5.29. The Morgan fingerprint density at radius 3 is 2.60 bits per heavy atom. The molecule has 1 atom stereocenters. The van der Waals surface area contributed by atoms with Gasteiger partial charge in [0.05, 0.1) is 19.8 Å². The molecule has 0 radical (unpaired) electrons. The lowest BCUT2D eigenvalue weighted by Crippen LogP contribution is -2.36. The van der Waals surface area contributed by atoms with Crippen molar-refractivity contribution in [3.8, 4) is 11.5 Å². The molecule has 1 saturated heterocycles. The molecule has 112 valence electrons. The van der Waals surface area contributed by atoms with Gasteiger partial charge >= 0.3 is 0 Å². The second-order valence-electron chi connectivity index (χ2n) is 5.30. The van der Waals surface area contributed by atoms with Crippen LogP contribution >= 0.6 is 15.9 Å². The molecular weight excluding hydrogens is 322 g/mol. The molecule has 20 heavy (non-hydrogen) atoms. The van der Waals surface area contributed by atoms with Crippen molar-refractivity contribution in [1.82, 2.24) is 5.32 Å². The van der Waals surface area contributed by atoms with Gasteiger partial charge in [-0.1, -0.05) is 15.9 Å². The Morgan fingerprint density at radius 1 is 1.30 bits per heavy atom. The first-order chi connectivity index (χ1) is 9.58. The molecule has 0 spiro atoms. The lowest BCUT2D eigenvalue weighted by Gasteiger charge is -2.23. The van der Waals surface area contributed by atoms with Gasteiger partial charge in [-0.2, -0.15) is 0 Å². The van der Waals surface area contributed by atoms with Crippen LogP contribution in [0.5, 0.6) is 11.5 Å². The van der Waals surface area contributed by atoms with Crippen LogP contribution in [-0.2, 0) is 11.3 Å². The van der Waals surface area contributed by atoms with E-state index in [1.807, 2.05) is 12.1 Å². The second kappa shape index (κ2) is 6.78. The summed E-state index contributed by atoms with van der Waals surface area (Å²) in [5.41, 5.74) is 1.12. The maximum Gasteiger partial charge on any atom is 0.161 e. The molecule has 1 aliphatic rings. The summed E-state index contributed by atoms with van der Waals surface area (Å²) in [6.45, 7) is 4.66. The molecule has 2 rings (SSSR count). The summed E-state index contributed by atoms with van der Waals surface area (Å²) in [5.74, 6) is 1.48. The van der Waals surface area contributed by atoms with Gasteiger partial charge in [0.15, 0.2) is 11.5 Å². The van der Waals surface area contributed by atoms with Crippen LogP contribution in [0, 0.1) is 0 Å². The molecule has 0 aromatic heterocycles. The van der Waals surface area contributed by atoms with Gasteiger partial charge in [-0.25, -0.2) is 0 Å². The lowest BCUT2D eigenvalue weighted by molar-refractivity contribution is 0.0206. The molecule has 1 unspecified atom stereocenters. The van der Waals surface area contributed by atoms with Gasteiger partial charge in [0.25, 0.3) is 0 Å². The summed E-state index contributed by atoms with van der Waals surface area (Å²) in [6.07, 6.45) is 2.27. The van der Waals surface area contributed by atoms with Crippen molar-refractivity contribution in [2.24, 2.45) is 0 Å². The van der Waals surface area contributed by atoms with Crippen molar-refractivity contribution in [2.45, 2.75) is 31.9 Å². The average molecular weight is 344 g/mol. The third-order valence-corrected chi connectivity index (χ3v) is 4.41. The zero-order chi connectivity index (χ0) is 14.6. The van der Waals surface area contributed by atoms with Crippen molar-refractivity contribution >= 4 is 15.9 Å². The quantitative estimate of drug-likeness (QED) is 0.861. The molecule has 1 fully saturated rings. The average Bonchev–Trinajstić information content (AvgIpc) is 2.87. The molecule has 1 aromatic rings. The molecule has 1 aliphatic heterocycles. The Labute approximate surface area is 128 Å². The van der Waals surface area contributed by atoms with Crippen molar-refractivity contribution < 1.29 is 14.2 Å². The second-order valence-corrected chi connectivity index (χ2v) is 6.16. The van der Waals surface area contributed by atoms with E-state index in [4.69, 9.17) is 14.2 Å².